The van der Waals surface area contributed by atoms with Crippen LogP contribution in [0.1, 0.15) is 13.8 Å². The van der Waals surface area contributed by atoms with Gasteiger partial charge in [-0.15, -0.1) is 0 Å². The van der Waals surface area contributed by atoms with E-state index in [1.165, 1.54) is 14.0 Å². The Hall–Kier alpha value is -1.17. The number of esters is 1. The van der Waals surface area contributed by atoms with Crippen molar-refractivity contribution in [1.29, 1.82) is 0 Å². The summed E-state index contributed by atoms with van der Waals surface area (Å²) in [5.74, 6) is -1.95. The largest absolute Gasteiger partial charge is 0.459 e. The summed E-state index contributed by atoms with van der Waals surface area (Å²) in [7, 11) is 1.48. The summed E-state index contributed by atoms with van der Waals surface area (Å²) in [5, 5.41) is 4.67. The van der Waals surface area contributed by atoms with Crippen LogP contribution in [0.2, 0.25) is 0 Å². The zero-order valence-electron chi connectivity index (χ0n) is 8.46. The average Bonchev–Trinajstić information content (AvgIpc) is 2.13. The second-order valence-corrected chi connectivity index (χ2v) is 2.64. The predicted octanol–water partition coefficient (Wildman–Crippen LogP) is -0.431. The summed E-state index contributed by atoms with van der Waals surface area (Å²) in [6.07, 6.45) is -2.18. The van der Waals surface area contributed by atoms with Crippen molar-refractivity contribution in [3.8, 4) is 0 Å². The minimum atomic E-state index is -1.29. The SMILES string of the molecule is CCOC(=O)C(=O)NC(NC)[C@@H](C)F. The van der Waals surface area contributed by atoms with Gasteiger partial charge in [0.15, 0.2) is 0 Å². The first-order valence-electron chi connectivity index (χ1n) is 4.31. The number of carbonyl (C=O) groups is 2. The van der Waals surface area contributed by atoms with E-state index in [0.29, 0.717) is 0 Å². The van der Waals surface area contributed by atoms with Crippen LogP contribution in [0.4, 0.5) is 4.39 Å². The quantitative estimate of drug-likeness (QED) is 0.372. The van der Waals surface area contributed by atoms with Crippen molar-refractivity contribution in [2.45, 2.75) is 26.2 Å². The van der Waals surface area contributed by atoms with Crippen molar-refractivity contribution in [3.05, 3.63) is 0 Å². The van der Waals surface area contributed by atoms with Crippen LogP contribution in [-0.2, 0) is 14.3 Å². The highest BCUT2D eigenvalue weighted by Gasteiger charge is 2.22. The minimum absolute atomic E-state index is 0.113. The third kappa shape index (κ3) is 4.18. The third-order valence-corrected chi connectivity index (χ3v) is 1.52. The lowest BCUT2D eigenvalue weighted by Crippen LogP contribution is -2.51. The van der Waals surface area contributed by atoms with E-state index in [0.717, 1.165) is 0 Å². The molecular formula is C8H15FN2O3. The fraction of sp³-hybridized carbons (Fsp3) is 0.750. The molecule has 0 aromatic carbocycles. The molecule has 0 aromatic heterocycles. The maximum absolute atomic E-state index is 12.7. The lowest BCUT2D eigenvalue weighted by molar-refractivity contribution is -0.155. The molecule has 0 spiro atoms. The van der Waals surface area contributed by atoms with E-state index >= 15 is 0 Å². The van der Waals surface area contributed by atoms with Crippen molar-refractivity contribution in [2.24, 2.45) is 0 Å². The van der Waals surface area contributed by atoms with E-state index in [9.17, 15) is 14.0 Å². The van der Waals surface area contributed by atoms with Gasteiger partial charge in [0, 0.05) is 0 Å². The summed E-state index contributed by atoms with van der Waals surface area (Å²) >= 11 is 0. The zero-order chi connectivity index (χ0) is 11.1. The third-order valence-electron chi connectivity index (χ3n) is 1.52. The first kappa shape index (κ1) is 12.8. The van der Waals surface area contributed by atoms with Crippen LogP contribution in [0, 0.1) is 0 Å². The number of alkyl halides is 1. The highest BCUT2D eigenvalue weighted by Crippen LogP contribution is 1.93. The summed E-state index contributed by atoms with van der Waals surface area (Å²) in [4.78, 5) is 21.8. The molecular weight excluding hydrogens is 191 g/mol. The van der Waals surface area contributed by atoms with Crippen molar-refractivity contribution in [2.75, 3.05) is 13.7 Å². The summed E-state index contributed by atoms with van der Waals surface area (Å²) in [6, 6.07) is 0. The molecule has 0 aliphatic rings. The number of ether oxygens (including phenoxy) is 1. The second-order valence-electron chi connectivity index (χ2n) is 2.64. The molecule has 2 atom stereocenters. The molecule has 2 N–H and O–H groups in total. The molecule has 0 bridgehead atoms. The summed E-state index contributed by atoms with van der Waals surface area (Å²) in [5.41, 5.74) is 0. The van der Waals surface area contributed by atoms with Crippen LogP contribution >= 0.6 is 0 Å². The molecule has 0 rings (SSSR count). The highest BCUT2D eigenvalue weighted by molar-refractivity contribution is 6.32. The van der Waals surface area contributed by atoms with Crippen LogP contribution in [0.3, 0.4) is 0 Å². The fourth-order valence-electron chi connectivity index (χ4n) is 0.813. The Morgan fingerprint density at radius 3 is 2.43 bits per heavy atom. The molecule has 5 nitrogen and oxygen atoms in total. The van der Waals surface area contributed by atoms with E-state index in [1.807, 2.05) is 0 Å². The second kappa shape index (κ2) is 6.31. The van der Waals surface area contributed by atoms with Crippen LogP contribution in [-0.4, -0.2) is 37.9 Å². The number of amides is 1. The molecule has 0 aliphatic carbocycles. The molecule has 82 valence electrons. The lowest BCUT2D eigenvalue weighted by Gasteiger charge is -2.18. The molecule has 0 radical (unpaired) electrons. The molecule has 14 heavy (non-hydrogen) atoms. The molecule has 0 saturated carbocycles. The molecule has 0 aliphatic heterocycles. The van der Waals surface area contributed by atoms with E-state index in [4.69, 9.17) is 0 Å². The Morgan fingerprint density at radius 1 is 1.50 bits per heavy atom. The van der Waals surface area contributed by atoms with Crippen molar-refractivity contribution >= 4 is 11.9 Å². The summed E-state index contributed by atoms with van der Waals surface area (Å²) < 4.78 is 17.2. The van der Waals surface area contributed by atoms with E-state index < -0.39 is 24.2 Å². The first-order valence-corrected chi connectivity index (χ1v) is 4.31. The first-order chi connectivity index (χ1) is 6.52. The topological polar surface area (TPSA) is 67.4 Å². The molecule has 0 fully saturated rings. The monoisotopic (exact) mass is 206 g/mol. The minimum Gasteiger partial charge on any atom is -0.459 e. The van der Waals surface area contributed by atoms with Crippen LogP contribution < -0.4 is 10.6 Å². The fourth-order valence-corrected chi connectivity index (χ4v) is 0.813. The maximum atomic E-state index is 12.7. The number of hydrogen-bond acceptors (Lipinski definition) is 4. The van der Waals surface area contributed by atoms with Gasteiger partial charge in [0.25, 0.3) is 0 Å². The van der Waals surface area contributed by atoms with Gasteiger partial charge in [0.1, 0.15) is 12.3 Å². The number of halogens is 1. The molecule has 0 aromatic rings. The average molecular weight is 206 g/mol. The summed E-state index contributed by atoms with van der Waals surface area (Å²) in [6.45, 7) is 2.97. The van der Waals surface area contributed by atoms with Gasteiger partial charge >= 0.3 is 11.9 Å². The Kier molecular flexibility index (Phi) is 5.78. The van der Waals surface area contributed by atoms with Gasteiger partial charge in [-0.25, -0.2) is 9.18 Å². The molecule has 6 heteroatoms. The van der Waals surface area contributed by atoms with Crippen molar-refractivity contribution < 1.29 is 18.7 Å². The van der Waals surface area contributed by atoms with Gasteiger partial charge in [-0.1, -0.05) is 0 Å². The number of nitrogens with one attached hydrogen (secondary N) is 2. The van der Waals surface area contributed by atoms with Crippen molar-refractivity contribution in [1.82, 2.24) is 10.6 Å². The van der Waals surface area contributed by atoms with E-state index in [-0.39, 0.29) is 6.61 Å². The smallest absolute Gasteiger partial charge is 0.396 e. The molecule has 1 unspecified atom stereocenters. The van der Waals surface area contributed by atoms with Crippen LogP contribution in [0.15, 0.2) is 0 Å². The van der Waals surface area contributed by atoms with Crippen LogP contribution in [0.25, 0.3) is 0 Å². The van der Waals surface area contributed by atoms with Gasteiger partial charge in [-0.2, -0.15) is 0 Å². The van der Waals surface area contributed by atoms with Gasteiger partial charge in [0.2, 0.25) is 0 Å². The van der Waals surface area contributed by atoms with E-state index in [1.54, 1.807) is 6.92 Å². The number of hydrogen-bond donors (Lipinski definition) is 2. The van der Waals surface area contributed by atoms with Gasteiger partial charge in [0.05, 0.1) is 6.61 Å². The molecule has 0 saturated heterocycles. The van der Waals surface area contributed by atoms with Crippen molar-refractivity contribution in [3.63, 3.8) is 0 Å². The van der Waals surface area contributed by atoms with Gasteiger partial charge < -0.3 is 10.1 Å². The Morgan fingerprint density at radius 2 is 2.07 bits per heavy atom. The predicted molar refractivity (Wildman–Crippen MR) is 48.2 cm³/mol. The lowest BCUT2D eigenvalue weighted by atomic mass is 10.3. The Bertz CT molecular complexity index is 209. The molecule has 0 heterocycles. The Balaban J connectivity index is 4.08. The maximum Gasteiger partial charge on any atom is 0.396 e. The normalized spacial score (nSPS) is 14.3. The standard InChI is InChI=1S/C8H15FN2O3/c1-4-14-8(13)7(12)11-6(10-3)5(2)9/h5-6,10H,4H2,1-3H3,(H,11,12)/t5-,6?/m1/s1. The number of carbonyl (C=O) groups excluding carboxylic acids is 2. The Labute approximate surface area is 82.0 Å². The molecule has 1 amide bonds. The number of rotatable bonds is 4. The van der Waals surface area contributed by atoms with Gasteiger partial charge in [-0.05, 0) is 20.9 Å². The van der Waals surface area contributed by atoms with Crippen LogP contribution in [0.5, 0.6) is 0 Å². The van der Waals surface area contributed by atoms with E-state index in [2.05, 4.69) is 15.4 Å². The zero-order valence-corrected chi connectivity index (χ0v) is 8.46. The highest BCUT2D eigenvalue weighted by atomic mass is 19.1. The van der Waals surface area contributed by atoms with Gasteiger partial charge in [-0.3, -0.25) is 10.1 Å².